The van der Waals surface area contributed by atoms with Gasteiger partial charge in [0.15, 0.2) is 0 Å². The summed E-state index contributed by atoms with van der Waals surface area (Å²) in [6.45, 7) is -1.15. The van der Waals surface area contributed by atoms with Crippen molar-refractivity contribution in [3.05, 3.63) is 37.4 Å². The summed E-state index contributed by atoms with van der Waals surface area (Å²) in [5.41, 5.74) is -0.0868. The first-order valence-corrected chi connectivity index (χ1v) is 14.3. The molecule has 10 atom stereocenters. The Hall–Kier alpha value is -3.27. The van der Waals surface area contributed by atoms with Crippen LogP contribution in [0.25, 0.3) is 22.8 Å². The van der Waals surface area contributed by atoms with Crippen LogP contribution in [0.5, 0.6) is 0 Å². The van der Waals surface area contributed by atoms with Crippen molar-refractivity contribution >= 4 is 11.8 Å². The van der Waals surface area contributed by atoms with Crippen LogP contribution in [0.4, 0.5) is 0 Å². The lowest BCUT2D eigenvalue weighted by Gasteiger charge is -2.46. The number of hydrogen-bond acceptors (Lipinski definition) is 15. The van der Waals surface area contributed by atoms with Crippen LogP contribution in [0.1, 0.15) is 12.1 Å². The summed E-state index contributed by atoms with van der Waals surface area (Å²) in [6, 6.07) is -2.18. The van der Waals surface area contributed by atoms with Gasteiger partial charge in [0.05, 0.1) is 62.0 Å². The molecule has 4 unspecified atom stereocenters. The van der Waals surface area contributed by atoms with Gasteiger partial charge in [0, 0.05) is 14.1 Å². The maximum atomic E-state index is 11.4. The van der Waals surface area contributed by atoms with E-state index in [1.807, 2.05) is 0 Å². The number of aryl methyl sites for hydroxylation is 2. The number of hydrogen-bond donors (Lipinski definition) is 6. The third kappa shape index (κ3) is 5.36. The van der Waals surface area contributed by atoms with Gasteiger partial charge in [-0.25, -0.2) is 19.3 Å². The molecule has 6 rings (SSSR count). The Morgan fingerprint density at radius 1 is 0.698 bits per heavy atom. The SMILES string of the molecule is Cn1cncc1-c1cn(C2C(O)[C@@H](CO)O[C@@H](S[C@@H]3OC(CO)[C@H](O)C(n4cc(-c5cncn5C)nn4)[C@@H]3O)[C@@H]2O)nn1. The van der Waals surface area contributed by atoms with E-state index < -0.39 is 72.8 Å². The van der Waals surface area contributed by atoms with Crippen molar-refractivity contribution in [2.75, 3.05) is 13.2 Å². The van der Waals surface area contributed by atoms with E-state index in [4.69, 9.17) is 9.47 Å². The van der Waals surface area contributed by atoms with E-state index in [1.54, 1.807) is 60.7 Å². The fourth-order valence-electron chi connectivity index (χ4n) is 5.41. The molecule has 19 heteroatoms. The van der Waals surface area contributed by atoms with E-state index in [0.717, 1.165) is 11.8 Å². The first kappa shape index (κ1) is 29.8. The highest BCUT2D eigenvalue weighted by Gasteiger charge is 2.51. The molecule has 0 spiro atoms. The highest BCUT2D eigenvalue weighted by Crippen LogP contribution is 2.42. The second-order valence-electron chi connectivity index (χ2n) is 10.5. The van der Waals surface area contributed by atoms with E-state index in [-0.39, 0.29) is 0 Å². The van der Waals surface area contributed by atoms with E-state index in [9.17, 15) is 30.6 Å². The summed E-state index contributed by atoms with van der Waals surface area (Å²) in [7, 11) is 3.57. The molecule has 6 N–H and O–H groups in total. The Bertz CT molecular complexity index is 1420. The van der Waals surface area contributed by atoms with Gasteiger partial charge in [-0.05, 0) is 0 Å². The van der Waals surface area contributed by atoms with Crippen molar-refractivity contribution in [2.45, 2.75) is 59.6 Å². The smallest absolute Gasteiger partial charge is 0.134 e. The molecule has 0 bridgehead atoms. The van der Waals surface area contributed by atoms with E-state index in [2.05, 4.69) is 30.6 Å². The predicted molar refractivity (Wildman–Crippen MR) is 146 cm³/mol. The molecule has 0 radical (unpaired) electrons. The summed E-state index contributed by atoms with van der Waals surface area (Å²) in [5, 5.41) is 81.3. The van der Waals surface area contributed by atoms with Gasteiger partial charge in [0.1, 0.15) is 71.0 Å². The first-order chi connectivity index (χ1) is 20.7. The minimum absolute atomic E-state index is 0.447. The lowest BCUT2D eigenvalue weighted by molar-refractivity contribution is -0.189. The number of thioether (sulfide) groups is 1. The van der Waals surface area contributed by atoms with Crippen molar-refractivity contribution in [2.24, 2.45) is 14.1 Å². The average Bonchev–Trinajstić information content (AvgIpc) is 3.80. The Balaban J connectivity index is 1.25. The van der Waals surface area contributed by atoms with Gasteiger partial charge in [-0.1, -0.05) is 22.2 Å². The maximum Gasteiger partial charge on any atom is 0.134 e. The quantitative estimate of drug-likeness (QED) is 0.116. The van der Waals surface area contributed by atoms with Gasteiger partial charge >= 0.3 is 0 Å². The van der Waals surface area contributed by atoms with E-state index in [1.165, 1.54) is 9.36 Å². The van der Waals surface area contributed by atoms with E-state index in [0.29, 0.717) is 22.8 Å². The molecule has 0 saturated carbocycles. The summed E-state index contributed by atoms with van der Waals surface area (Å²) in [5.74, 6) is 0. The Morgan fingerprint density at radius 3 is 1.47 bits per heavy atom. The molecular weight excluding hydrogens is 588 g/mol. The zero-order chi connectivity index (χ0) is 30.4. The van der Waals surface area contributed by atoms with Crippen LogP contribution < -0.4 is 0 Å². The minimum Gasteiger partial charge on any atom is -0.394 e. The molecular formula is C24H32N10O8S. The van der Waals surface area contributed by atoms with Crippen molar-refractivity contribution in [3.8, 4) is 22.8 Å². The maximum absolute atomic E-state index is 11.4. The molecule has 2 aliphatic rings. The monoisotopic (exact) mass is 620 g/mol. The van der Waals surface area contributed by atoms with Crippen molar-refractivity contribution in [1.29, 1.82) is 0 Å². The molecule has 6 heterocycles. The fourth-order valence-corrected chi connectivity index (χ4v) is 6.73. The lowest BCUT2D eigenvalue weighted by Crippen LogP contribution is -2.58. The topological polar surface area (TPSA) is 237 Å². The molecule has 4 aromatic heterocycles. The van der Waals surface area contributed by atoms with Crippen LogP contribution in [0, 0.1) is 0 Å². The minimum atomic E-state index is -1.42. The van der Waals surface area contributed by atoms with Crippen LogP contribution in [0.3, 0.4) is 0 Å². The van der Waals surface area contributed by atoms with Crippen molar-refractivity contribution in [1.82, 2.24) is 49.1 Å². The third-order valence-electron chi connectivity index (χ3n) is 7.75. The zero-order valence-electron chi connectivity index (χ0n) is 23.0. The van der Waals surface area contributed by atoms with Gasteiger partial charge in [-0.3, -0.25) is 0 Å². The summed E-state index contributed by atoms with van der Waals surface area (Å²) in [4.78, 5) is 8.13. The molecule has 232 valence electrons. The van der Waals surface area contributed by atoms with Crippen molar-refractivity contribution < 1.29 is 40.1 Å². The molecule has 0 aromatic carbocycles. The molecule has 0 aliphatic carbocycles. The Morgan fingerprint density at radius 2 is 1.12 bits per heavy atom. The Labute approximate surface area is 248 Å². The third-order valence-corrected chi connectivity index (χ3v) is 9.07. The average molecular weight is 621 g/mol. The van der Waals surface area contributed by atoms with Crippen LogP contribution in [0.2, 0.25) is 0 Å². The number of aromatic nitrogens is 10. The standard InChI is InChI=1S/C24H32N10O8S/c1-31-9-25-3-13(31)11-5-33(29-27-11)17-19(37)15(7-35)41-23(21(17)39)43-24-22(40)18(20(38)16(8-36)42-24)34-6-12(28-30-34)14-4-26-10-32(14)2/h3-6,9-10,15-24,35-40H,7-8H2,1-2H3/t15-,16?,17?,18?,19?,20+,21-,22+,23+,24+/m1/s1. The van der Waals surface area contributed by atoms with E-state index >= 15 is 0 Å². The summed E-state index contributed by atoms with van der Waals surface area (Å²) >= 11 is 0.871. The highest BCUT2D eigenvalue weighted by molar-refractivity contribution is 8.00. The molecule has 0 amide bonds. The van der Waals surface area contributed by atoms with Gasteiger partial charge in [-0.15, -0.1) is 10.2 Å². The first-order valence-electron chi connectivity index (χ1n) is 13.4. The Kier molecular flexibility index (Phi) is 8.33. The molecule has 43 heavy (non-hydrogen) atoms. The number of rotatable bonds is 8. The molecule has 2 saturated heterocycles. The van der Waals surface area contributed by atoms with Gasteiger partial charge in [0.25, 0.3) is 0 Å². The van der Waals surface area contributed by atoms with Crippen LogP contribution in [0.15, 0.2) is 37.4 Å². The largest absolute Gasteiger partial charge is 0.394 e. The number of ether oxygens (including phenoxy) is 2. The number of imidazole rings is 2. The summed E-state index contributed by atoms with van der Waals surface area (Å²) < 4.78 is 17.7. The van der Waals surface area contributed by atoms with Gasteiger partial charge in [-0.2, -0.15) is 0 Å². The van der Waals surface area contributed by atoms with Crippen molar-refractivity contribution in [3.63, 3.8) is 0 Å². The van der Waals surface area contributed by atoms with Crippen LogP contribution in [-0.4, -0.2) is 140 Å². The normalized spacial score (nSPS) is 33.2. The number of nitrogens with zero attached hydrogens (tertiary/aromatic N) is 10. The highest BCUT2D eigenvalue weighted by atomic mass is 32.2. The van der Waals surface area contributed by atoms with Gasteiger partial charge in [0.2, 0.25) is 0 Å². The molecule has 4 aromatic rings. The number of aliphatic hydroxyl groups excluding tert-OH is 6. The fraction of sp³-hybridized carbons (Fsp3) is 0.583. The van der Waals surface area contributed by atoms with Crippen LogP contribution >= 0.6 is 11.8 Å². The van der Waals surface area contributed by atoms with Gasteiger partial charge < -0.3 is 49.2 Å². The lowest BCUT2D eigenvalue weighted by atomic mass is 9.97. The molecule has 2 fully saturated rings. The molecule has 2 aliphatic heterocycles. The number of aliphatic hydroxyl groups is 6. The van der Waals surface area contributed by atoms with Crippen LogP contribution in [-0.2, 0) is 23.6 Å². The predicted octanol–water partition coefficient (Wildman–Crippen LogP) is -2.94. The molecule has 18 nitrogen and oxygen atoms in total. The second-order valence-corrected chi connectivity index (χ2v) is 11.7. The zero-order valence-corrected chi connectivity index (χ0v) is 23.8. The second kappa shape index (κ2) is 12.0. The summed E-state index contributed by atoms with van der Waals surface area (Å²) in [6.07, 6.45) is 1.66.